The summed E-state index contributed by atoms with van der Waals surface area (Å²) in [5.41, 5.74) is 0.565. The Labute approximate surface area is 126 Å². The molecule has 1 unspecified atom stereocenters. The molecule has 0 bridgehead atoms. The third-order valence-electron chi connectivity index (χ3n) is 1.93. The van der Waals surface area contributed by atoms with Gasteiger partial charge in [-0.2, -0.15) is 17.2 Å². The monoisotopic (exact) mass is 322 g/mol. The third kappa shape index (κ3) is 4.36. The summed E-state index contributed by atoms with van der Waals surface area (Å²) in [6, 6.07) is 4.69. The van der Waals surface area contributed by atoms with E-state index in [1.54, 1.807) is 0 Å². The summed E-state index contributed by atoms with van der Waals surface area (Å²) in [6.45, 7) is 3.43. The molecule has 0 aliphatic heterocycles. The van der Waals surface area contributed by atoms with Crippen molar-refractivity contribution in [2.75, 3.05) is 0 Å². The zero-order valence-electron chi connectivity index (χ0n) is 10.2. The molecule has 1 aromatic carbocycles. The molecule has 0 spiro atoms. The van der Waals surface area contributed by atoms with Crippen LogP contribution < -0.4 is 18.9 Å². The zero-order valence-corrected chi connectivity index (χ0v) is 11.8. The SMILES string of the molecule is C=Cc1ccc(S(=O)(=O)N=S(=O)(OF)C(F)F)cc1.[Li+]. The van der Waals surface area contributed by atoms with Crippen LogP contribution in [0.3, 0.4) is 0 Å². The van der Waals surface area contributed by atoms with Crippen molar-refractivity contribution < 1.29 is 49.2 Å². The van der Waals surface area contributed by atoms with E-state index in [2.05, 4.69) is 14.7 Å². The molecule has 0 fully saturated rings. The first-order valence-electron chi connectivity index (χ1n) is 4.58. The van der Waals surface area contributed by atoms with Crippen LogP contribution in [0.25, 0.3) is 6.08 Å². The Morgan fingerprint density at radius 1 is 1.20 bits per heavy atom. The Kier molecular flexibility index (Phi) is 6.99. The van der Waals surface area contributed by atoms with E-state index < -0.39 is 30.7 Å². The van der Waals surface area contributed by atoms with Crippen molar-refractivity contribution in [2.45, 2.75) is 10.7 Å². The molecule has 20 heavy (non-hydrogen) atoms. The number of benzene rings is 1. The van der Waals surface area contributed by atoms with Gasteiger partial charge in [-0.25, -0.2) is 4.21 Å². The van der Waals surface area contributed by atoms with Gasteiger partial charge in [-0.1, -0.05) is 32.9 Å². The quantitative estimate of drug-likeness (QED) is 0.687. The van der Waals surface area contributed by atoms with E-state index in [1.165, 1.54) is 18.2 Å². The topological polar surface area (TPSA) is 72.8 Å². The van der Waals surface area contributed by atoms with Crippen molar-refractivity contribution in [2.24, 2.45) is 3.77 Å². The van der Waals surface area contributed by atoms with Gasteiger partial charge < -0.3 is 0 Å². The first-order valence-corrected chi connectivity index (χ1v) is 7.52. The minimum atomic E-state index is -5.25. The third-order valence-corrected chi connectivity index (χ3v) is 5.05. The predicted molar refractivity (Wildman–Crippen MR) is 62.5 cm³/mol. The Bertz CT molecular complexity index is 682. The van der Waals surface area contributed by atoms with Crippen LogP contribution in [0.2, 0.25) is 0 Å². The standard InChI is InChI=1S/C9H8F3NO4S2.Li/c1-2-7-3-5-8(6-4-7)18(14,15)13-19(16,17-12)9(10)11;/h2-6,9H,1H2;/q;+1. The molecule has 11 heteroatoms. The number of hydrogen-bond acceptors (Lipinski definition) is 4. The van der Waals surface area contributed by atoms with Crippen LogP contribution in [0.4, 0.5) is 13.3 Å². The molecular formula is C9H8F3LiNO4S2+. The second-order valence-electron chi connectivity index (χ2n) is 3.16. The summed E-state index contributed by atoms with van der Waals surface area (Å²) in [4.78, 5) is -0.525. The second kappa shape index (κ2) is 7.28. The number of hydrogen-bond donors (Lipinski definition) is 0. The summed E-state index contributed by atoms with van der Waals surface area (Å²) in [5, 5.41) is 0. The molecule has 0 N–H and O–H groups in total. The Hall–Kier alpha value is -0.793. The normalized spacial score (nSPS) is 14.2. The molecule has 0 aromatic heterocycles. The van der Waals surface area contributed by atoms with E-state index in [1.807, 2.05) is 0 Å². The fraction of sp³-hybridized carbons (Fsp3) is 0.111. The van der Waals surface area contributed by atoms with Gasteiger partial charge in [0.25, 0.3) is 20.0 Å². The van der Waals surface area contributed by atoms with Gasteiger partial charge in [0, 0.05) is 0 Å². The van der Waals surface area contributed by atoms with Crippen LogP contribution in [0.1, 0.15) is 5.56 Å². The van der Waals surface area contributed by atoms with E-state index in [0.29, 0.717) is 5.56 Å². The Balaban J connectivity index is 0.00000361. The molecular weight excluding hydrogens is 314 g/mol. The van der Waals surface area contributed by atoms with Crippen molar-refractivity contribution in [3.63, 3.8) is 0 Å². The van der Waals surface area contributed by atoms with Gasteiger partial charge in [0.15, 0.2) is 0 Å². The molecule has 0 heterocycles. The van der Waals surface area contributed by atoms with Crippen LogP contribution >= 0.6 is 0 Å². The molecule has 0 saturated carbocycles. The second-order valence-corrected chi connectivity index (χ2v) is 6.69. The molecule has 0 radical (unpaired) electrons. The van der Waals surface area contributed by atoms with Crippen LogP contribution in [0.15, 0.2) is 39.5 Å². The van der Waals surface area contributed by atoms with Gasteiger partial charge in [-0.3, -0.25) is 0 Å². The summed E-state index contributed by atoms with van der Waals surface area (Å²) < 4.78 is 75.3. The van der Waals surface area contributed by atoms with E-state index in [0.717, 1.165) is 12.1 Å². The maximum absolute atomic E-state index is 12.2. The van der Waals surface area contributed by atoms with Crippen LogP contribution in [0.5, 0.6) is 0 Å². The molecule has 0 saturated heterocycles. The van der Waals surface area contributed by atoms with Crippen LogP contribution in [-0.2, 0) is 24.4 Å². The summed E-state index contributed by atoms with van der Waals surface area (Å²) >= 11 is 0. The van der Waals surface area contributed by atoms with Crippen molar-refractivity contribution in [3.8, 4) is 0 Å². The molecule has 0 aliphatic carbocycles. The first kappa shape index (κ1) is 19.2. The fourth-order valence-electron chi connectivity index (χ4n) is 1.03. The maximum Gasteiger partial charge on any atom is 1.00 e. The van der Waals surface area contributed by atoms with Crippen molar-refractivity contribution >= 4 is 26.1 Å². The molecule has 5 nitrogen and oxygen atoms in total. The number of alkyl halides is 2. The summed E-state index contributed by atoms with van der Waals surface area (Å²) in [6.07, 6.45) is 1.42. The van der Waals surface area contributed by atoms with Crippen molar-refractivity contribution in [1.82, 2.24) is 0 Å². The minimum Gasteiger partial charge on any atom is -0.211 e. The van der Waals surface area contributed by atoms with Crippen molar-refractivity contribution in [1.29, 1.82) is 0 Å². The summed E-state index contributed by atoms with van der Waals surface area (Å²) in [5.74, 6) is -3.90. The molecule has 106 valence electrons. The first-order chi connectivity index (χ1) is 8.75. The Morgan fingerprint density at radius 2 is 1.70 bits per heavy atom. The van der Waals surface area contributed by atoms with Gasteiger partial charge in [0.2, 0.25) is 0 Å². The maximum atomic E-state index is 12.2. The zero-order chi connectivity index (χ0) is 14.7. The van der Waals surface area contributed by atoms with Gasteiger partial charge in [-0.15, -0.1) is 0 Å². The average Bonchev–Trinajstić information content (AvgIpc) is 2.38. The average molecular weight is 322 g/mol. The molecule has 0 amide bonds. The number of rotatable bonds is 5. The van der Waals surface area contributed by atoms with E-state index in [4.69, 9.17) is 0 Å². The summed E-state index contributed by atoms with van der Waals surface area (Å²) in [7, 11) is -9.98. The predicted octanol–water partition coefficient (Wildman–Crippen LogP) is -0.471. The van der Waals surface area contributed by atoms with Gasteiger partial charge in [0.1, 0.15) is 0 Å². The van der Waals surface area contributed by atoms with Crippen molar-refractivity contribution in [3.05, 3.63) is 36.4 Å². The molecule has 1 rings (SSSR count). The molecule has 0 aliphatic rings. The fourth-order valence-corrected chi connectivity index (χ4v) is 3.35. The Morgan fingerprint density at radius 3 is 2.05 bits per heavy atom. The van der Waals surface area contributed by atoms with Crippen LogP contribution in [-0.4, -0.2) is 18.4 Å². The van der Waals surface area contributed by atoms with Crippen LogP contribution in [0, 0.1) is 0 Å². The largest absolute Gasteiger partial charge is 1.00 e. The number of nitrogens with zero attached hydrogens (tertiary/aromatic N) is 1. The minimum absolute atomic E-state index is 0. The number of halogens is 3. The van der Waals surface area contributed by atoms with E-state index >= 15 is 0 Å². The van der Waals surface area contributed by atoms with E-state index in [9.17, 15) is 25.9 Å². The van der Waals surface area contributed by atoms with Gasteiger partial charge in [0.05, 0.1) is 4.90 Å². The number of sulfonamides is 1. The van der Waals surface area contributed by atoms with Gasteiger partial charge >= 0.3 is 24.6 Å². The molecule has 1 atom stereocenters. The van der Waals surface area contributed by atoms with E-state index in [-0.39, 0.29) is 18.9 Å². The molecule has 1 aromatic rings. The smallest absolute Gasteiger partial charge is 0.211 e. The van der Waals surface area contributed by atoms with Gasteiger partial charge in [-0.05, 0) is 22.2 Å².